The normalized spacial score (nSPS) is 22.8. The molecule has 1 saturated heterocycles. The Morgan fingerprint density at radius 2 is 2.00 bits per heavy atom. The van der Waals surface area contributed by atoms with Crippen molar-refractivity contribution in [3.63, 3.8) is 0 Å². The Bertz CT molecular complexity index is 790. The van der Waals surface area contributed by atoms with E-state index in [1.54, 1.807) is 0 Å². The van der Waals surface area contributed by atoms with Crippen LogP contribution < -0.4 is 15.5 Å². The molecule has 0 spiro atoms. The van der Waals surface area contributed by atoms with Gasteiger partial charge in [-0.25, -0.2) is 4.98 Å². The van der Waals surface area contributed by atoms with Gasteiger partial charge in [0.25, 0.3) is 0 Å². The first kappa shape index (κ1) is 15.5. The Hall–Kier alpha value is -1.99. The van der Waals surface area contributed by atoms with E-state index in [9.17, 15) is 5.11 Å². The number of fused-ring (bicyclic) bond motifs is 2. The molecule has 3 heterocycles. The van der Waals surface area contributed by atoms with Gasteiger partial charge in [-0.15, -0.1) is 0 Å². The lowest BCUT2D eigenvalue weighted by Crippen LogP contribution is -2.33. The highest BCUT2D eigenvalue weighted by atomic mass is 16.3. The summed E-state index contributed by atoms with van der Waals surface area (Å²) in [5, 5.41) is 17.5. The van der Waals surface area contributed by atoms with E-state index in [1.165, 1.54) is 16.8 Å². The molecule has 0 radical (unpaired) electrons. The largest absolute Gasteiger partial charge is 0.390 e. The molecule has 1 aliphatic carbocycles. The van der Waals surface area contributed by atoms with E-state index in [1.807, 2.05) is 19.0 Å². The van der Waals surface area contributed by atoms with Gasteiger partial charge in [0, 0.05) is 32.9 Å². The third kappa shape index (κ3) is 2.48. The number of aryl methyl sites for hydroxylation is 2. The SMILES string of the molecule is Cc1c2c(nc3nc(NC4CNCC4O)nc(N(C)C)c13)CCC2. The summed E-state index contributed by atoms with van der Waals surface area (Å²) in [5.74, 6) is 1.41. The minimum atomic E-state index is -0.429. The molecular weight excluding hydrogens is 304 g/mol. The molecule has 7 heteroatoms. The number of nitrogens with one attached hydrogen (secondary N) is 2. The standard InChI is InChI=1S/C17H24N6O/c1-9-10-5-4-6-11(10)19-15-14(9)16(23(2)3)22-17(21-15)20-12-7-18-8-13(12)24/h12-13,18,24H,4-8H2,1-3H3,(H,19,20,21,22). The van der Waals surface area contributed by atoms with Gasteiger partial charge in [0.15, 0.2) is 5.65 Å². The minimum absolute atomic E-state index is 0.0759. The molecule has 0 bridgehead atoms. The van der Waals surface area contributed by atoms with Crippen molar-refractivity contribution in [2.45, 2.75) is 38.3 Å². The molecule has 2 aromatic heterocycles. The van der Waals surface area contributed by atoms with E-state index >= 15 is 0 Å². The van der Waals surface area contributed by atoms with Gasteiger partial charge in [-0.05, 0) is 37.3 Å². The molecule has 24 heavy (non-hydrogen) atoms. The van der Waals surface area contributed by atoms with Gasteiger partial charge >= 0.3 is 0 Å². The van der Waals surface area contributed by atoms with Crippen molar-refractivity contribution in [2.75, 3.05) is 37.4 Å². The van der Waals surface area contributed by atoms with Gasteiger partial charge in [0.1, 0.15) is 5.82 Å². The summed E-state index contributed by atoms with van der Waals surface area (Å²) in [6.07, 6.45) is 2.86. The number of hydrogen-bond acceptors (Lipinski definition) is 7. The quantitative estimate of drug-likeness (QED) is 0.762. The maximum absolute atomic E-state index is 10.0. The maximum Gasteiger partial charge on any atom is 0.227 e. The number of aliphatic hydroxyl groups excluding tert-OH is 1. The Balaban J connectivity index is 1.84. The van der Waals surface area contributed by atoms with Crippen LogP contribution in [0.15, 0.2) is 0 Å². The van der Waals surface area contributed by atoms with Crippen LogP contribution in [0.4, 0.5) is 11.8 Å². The predicted octanol–water partition coefficient (Wildman–Crippen LogP) is 0.633. The lowest BCUT2D eigenvalue weighted by Gasteiger charge is -2.20. The topological polar surface area (TPSA) is 86.2 Å². The Kier molecular flexibility index (Phi) is 3.77. The zero-order valence-electron chi connectivity index (χ0n) is 14.4. The number of nitrogens with zero attached hydrogens (tertiary/aromatic N) is 4. The van der Waals surface area contributed by atoms with E-state index in [0.29, 0.717) is 19.0 Å². The van der Waals surface area contributed by atoms with Crippen LogP contribution in [0.5, 0.6) is 0 Å². The molecule has 2 unspecified atom stereocenters. The molecular formula is C17H24N6O. The zero-order valence-corrected chi connectivity index (χ0v) is 14.4. The fraction of sp³-hybridized carbons (Fsp3) is 0.588. The van der Waals surface area contributed by atoms with Crippen LogP contribution in [0.1, 0.15) is 23.2 Å². The molecule has 0 aromatic carbocycles. The van der Waals surface area contributed by atoms with E-state index < -0.39 is 6.10 Å². The molecule has 0 saturated carbocycles. The number of anilines is 2. The van der Waals surface area contributed by atoms with Crippen LogP contribution in [0.2, 0.25) is 0 Å². The first-order valence-electron chi connectivity index (χ1n) is 8.57. The second-order valence-corrected chi connectivity index (χ2v) is 6.96. The van der Waals surface area contributed by atoms with Gasteiger partial charge in [0.05, 0.1) is 17.5 Å². The summed E-state index contributed by atoms with van der Waals surface area (Å²) < 4.78 is 0. The van der Waals surface area contributed by atoms with Crippen LogP contribution in [0.25, 0.3) is 11.0 Å². The van der Waals surface area contributed by atoms with Crippen LogP contribution in [0.3, 0.4) is 0 Å². The van der Waals surface area contributed by atoms with Crippen LogP contribution >= 0.6 is 0 Å². The second-order valence-electron chi connectivity index (χ2n) is 6.96. The molecule has 1 aliphatic heterocycles. The summed E-state index contributed by atoms with van der Waals surface area (Å²) in [6, 6.07) is -0.0759. The van der Waals surface area contributed by atoms with Crippen LogP contribution in [-0.2, 0) is 12.8 Å². The average Bonchev–Trinajstić information content (AvgIpc) is 3.16. The summed E-state index contributed by atoms with van der Waals surface area (Å²) in [7, 11) is 3.98. The minimum Gasteiger partial charge on any atom is -0.390 e. The van der Waals surface area contributed by atoms with Crippen molar-refractivity contribution in [1.29, 1.82) is 0 Å². The monoisotopic (exact) mass is 328 g/mol. The van der Waals surface area contributed by atoms with Crippen molar-refractivity contribution < 1.29 is 5.11 Å². The lowest BCUT2D eigenvalue weighted by molar-refractivity contribution is 0.185. The molecule has 3 N–H and O–H groups in total. The fourth-order valence-corrected chi connectivity index (χ4v) is 3.75. The van der Waals surface area contributed by atoms with E-state index in [4.69, 9.17) is 9.97 Å². The van der Waals surface area contributed by atoms with E-state index in [2.05, 4.69) is 22.5 Å². The first-order valence-corrected chi connectivity index (χ1v) is 8.57. The van der Waals surface area contributed by atoms with Gasteiger partial charge in [-0.1, -0.05) is 0 Å². The van der Waals surface area contributed by atoms with Gasteiger partial charge in [-0.2, -0.15) is 9.97 Å². The van der Waals surface area contributed by atoms with Crippen molar-refractivity contribution in [1.82, 2.24) is 20.3 Å². The molecule has 4 rings (SSSR count). The molecule has 7 nitrogen and oxygen atoms in total. The van der Waals surface area contributed by atoms with Crippen molar-refractivity contribution in [2.24, 2.45) is 0 Å². The number of aromatic nitrogens is 3. The number of pyridine rings is 1. The number of hydrogen-bond donors (Lipinski definition) is 3. The van der Waals surface area contributed by atoms with Crippen LogP contribution in [-0.4, -0.2) is 59.4 Å². The predicted molar refractivity (Wildman–Crippen MR) is 94.7 cm³/mol. The molecule has 2 aromatic rings. The molecule has 0 amide bonds. The lowest BCUT2D eigenvalue weighted by atomic mass is 10.0. The third-order valence-electron chi connectivity index (χ3n) is 5.05. The summed E-state index contributed by atoms with van der Waals surface area (Å²) in [4.78, 5) is 16.2. The second kappa shape index (κ2) is 5.82. The number of aliphatic hydroxyl groups is 1. The zero-order chi connectivity index (χ0) is 16.8. The Morgan fingerprint density at radius 1 is 1.17 bits per heavy atom. The first-order chi connectivity index (χ1) is 11.5. The van der Waals surface area contributed by atoms with Gasteiger partial charge in [-0.3, -0.25) is 0 Å². The summed E-state index contributed by atoms with van der Waals surface area (Å²) in [6.45, 7) is 3.45. The van der Waals surface area contributed by atoms with E-state index in [-0.39, 0.29) is 6.04 Å². The van der Waals surface area contributed by atoms with E-state index in [0.717, 1.165) is 36.1 Å². The highest BCUT2D eigenvalue weighted by Gasteiger charge is 2.27. The smallest absolute Gasteiger partial charge is 0.227 e. The average molecular weight is 328 g/mol. The highest BCUT2D eigenvalue weighted by Crippen LogP contribution is 2.33. The number of β-amino-alcohol motifs (C(OH)–C–C–N with tert-alkyl or cyclic N) is 1. The third-order valence-corrected chi connectivity index (χ3v) is 5.05. The summed E-state index contributed by atoms with van der Waals surface area (Å²) in [5.41, 5.74) is 4.54. The van der Waals surface area contributed by atoms with Crippen LogP contribution in [0, 0.1) is 6.92 Å². The Labute approximate surface area is 141 Å². The van der Waals surface area contributed by atoms with Crippen molar-refractivity contribution in [3.05, 3.63) is 16.8 Å². The molecule has 2 aliphatic rings. The molecule has 2 atom stereocenters. The van der Waals surface area contributed by atoms with Gasteiger partial charge in [0.2, 0.25) is 5.95 Å². The molecule has 128 valence electrons. The summed E-state index contributed by atoms with van der Waals surface area (Å²) >= 11 is 0. The van der Waals surface area contributed by atoms with Crippen molar-refractivity contribution in [3.8, 4) is 0 Å². The Morgan fingerprint density at radius 3 is 2.71 bits per heavy atom. The fourth-order valence-electron chi connectivity index (χ4n) is 3.75. The highest BCUT2D eigenvalue weighted by molar-refractivity contribution is 5.92. The number of rotatable bonds is 3. The maximum atomic E-state index is 10.0. The van der Waals surface area contributed by atoms with Crippen molar-refractivity contribution >= 4 is 22.8 Å². The van der Waals surface area contributed by atoms with Gasteiger partial charge < -0.3 is 20.6 Å². The molecule has 1 fully saturated rings.